The van der Waals surface area contributed by atoms with Crippen molar-refractivity contribution in [1.29, 1.82) is 0 Å². The van der Waals surface area contributed by atoms with Crippen LogP contribution in [0.4, 0.5) is 0 Å². The van der Waals surface area contributed by atoms with E-state index < -0.39 is 0 Å². The topological polar surface area (TPSA) is 39.1 Å². The van der Waals surface area contributed by atoms with Gasteiger partial charge >= 0.3 is 0 Å². The van der Waals surface area contributed by atoms with Crippen LogP contribution >= 0.6 is 0 Å². The van der Waals surface area contributed by atoms with Crippen LogP contribution in [0.25, 0.3) is 0 Å². The Labute approximate surface area is 117 Å². The summed E-state index contributed by atoms with van der Waals surface area (Å²) < 4.78 is 7.86. The van der Waals surface area contributed by atoms with Crippen molar-refractivity contribution in [2.45, 2.75) is 66.2 Å². The van der Waals surface area contributed by atoms with E-state index in [9.17, 15) is 0 Å². The summed E-state index contributed by atoms with van der Waals surface area (Å²) in [7, 11) is 0. The summed E-state index contributed by atoms with van der Waals surface area (Å²) in [5.41, 5.74) is 2.48. The van der Waals surface area contributed by atoms with E-state index in [1.54, 1.807) is 0 Å². The molecule has 0 amide bonds. The number of ether oxygens (including phenoxy) is 1. The van der Waals surface area contributed by atoms with E-state index in [0.717, 1.165) is 32.5 Å². The first-order valence-electron chi connectivity index (χ1n) is 7.56. The lowest BCUT2D eigenvalue weighted by Gasteiger charge is -2.24. The molecule has 1 rings (SSSR count). The maximum Gasteiger partial charge on any atom is 0.0703 e. The second-order valence-electron chi connectivity index (χ2n) is 4.83. The lowest BCUT2D eigenvalue weighted by Crippen LogP contribution is -2.41. The highest BCUT2D eigenvalue weighted by Crippen LogP contribution is 2.12. The number of hydrogen-bond donors (Lipinski definition) is 1. The van der Waals surface area contributed by atoms with Gasteiger partial charge in [0.25, 0.3) is 0 Å². The fourth-order valence-electron chi connectivity index (χ4n) is 2.40. The van der Waals surface area contributed by atoms with Crippen LogP contribution < -0.4 is 5.32 Å². The maximum atomic E-state index is 5.74. The molecule has 0 aliphatic rings. The Balaban J connectivity index is 2.79. The summed E-state index contributed by atoms with van der Waals surface area (Å²) >= 11 is 0. The second kappa shape index (κ2) is 8.33. The van der Waals surface area contributed by atoms with Crippen LogP contribution in [0.15, 0.2) is 6.07 Å². The molecular formula is C15H29N3O. The van der Waals surface area contributed by atoms with Gasteiger partial charge in [-0.3, -0.25) is 4.68 Å². The van der Waals surface area contributed by atoms with Crippen LogP contribution in [-0.2, 0) is 24.1 Å². The molecule has 2 unspecified atom stereocenters. The summed E-state index contributed by atoms with van der Waals surface area (Å²) in [4.78, 5) is 0. The number of nitrogens with zero attached hydrogens (tertiary/aromatic N) is 2. The maximum absolute atomic E-state index is 5.74. The summed E-state index contributed by atoms with van der Waals surface area (Å²) in [5.74, 6) is 0. The molecule has 0 aliphatic carbocycles. The average molecular weight is 267 g/mol. The highest BCUT2D eigenvalue weighted by Gasteiger charge is 2.19. The lowest BCUT2D eigenvalue weighted by molar-refractivity contribution is 0.0475. The Morgan fingerprint density at radius 3 is 2.58 bits per heavy atom. The zero-order chi connectivity index (χ0) is 14.3. The SMILES string of the molecule is CCNC(Cc1cc(CC)nn1CC)C(C)OCC. The standard InChI is InChI=1S/C15H29N3O/c1-6-13-10-14(18(8-3)17-13)11-15(16-7-2)12(5)19-9-4/h10,12,15-16H,6-9,11H2,1-5H3. The molecule has 1 aromatic heterocycles. The molecule has 2 atom stereocenters. The molecule has 1 heterocycles. The van der Waals surface area contributed by atoms with Crippen LogP contribution in [0.2, 0.25) is 0 Å². The van der Waals surface area contributed by atoms with E-state index in [-0.39, 0.29) is 6.10 Å². The van der Waals surface area contributed by atoms with Gasteiger partial charge in [0.1, 0.15) is 0 Å². The van der Waals surface area contributed by atoms with Gasteiger partial charge < -0.3 is 10.1 Å². The highest BCUT2D eigenvalue weighted by molar-refractivity contribution is 5.12. The third kappa shape index (κ3) is 4.62. The molecule has 0 saturated heterocycles. The third-order valence-corrected chi connectivity index (χ3v) is 3.47. The van der Waals surface area contributed by atoms with E-state index in [1.165, 1.54) is 11.4 Å². The van der Waals surface area contributed by atoms with Crippen molar-refractivity contribution < 1.29 is 4.74 Å². The van der Waals surface area contributed by atoms with Crippen molar-refractivity contribution in [1.82, 2.24) is 15.1 Å². The van der Waals surface area contributed by atoms with Gasteiger partial charge in [-0.2, -0.15) is 5.10 Å². The molecule has 0 bridgehead atoms. The Morgan fingerprint density at radius 1 is 1.32 bits per heavy atom. The van der Waals surface area contributed by atoms with Gasteiger partial charge in [0.15, 0.2) is 0 Å². The molecule has 1 N–H and O–H groups in total. The van der Waals surface area contributed by atoms with Gasteiger partial charge in [0.2, 0.25) is 0 Å². The Bertz CT molecular complexity index is 362. The van der Waals surface area contributed by atoms with Crippen molar-refractivity contribution in [2.24, 2.45) is 0 Å². The first kappa shape index (κ1) is 16.2. The zero-order valence-corrected chi connectivity index (χ0v) is 13.1. The van der Waals surface area contributed by atoms with E-state index in [0.29, 0.717) is 6.04 Å². The van der Waals surface area contributed by atoms with Crippen LogP contribution in [0.1, 0.15) is 46.0 Å². The van der Waals surface area contributed by atoms with Gasteiger partial charge in [0, 0.05) is 31.3 Å². The Hall–Kier alpha value is -0.870. The first-order chi connectivity index (χ1) is 9.15. The molecule has 0 spiro atoms. The minimum Gasteiger partial charge on any atom is -0.377 e. The van der Waals surface area contributed by atoms with Crippen molar-refractivity contribution >= 4 is 0 Å². The van der Waals surface area contributed by atoms with E-state index in [2.05, 4.69) is 48.9 Å². The number of aromatic nitrogens is 2. The fraction of sp³-hybridized carbons (Fsp3) is 0.800. The third-order valence-electron chi connectivity index (χ3n) is 3.47. The average Bonchev–Trinajstić information content (AvgIpc) is 2.80. The molecule has 0 aromatic carbocycles. The van der Waals surface area contributed by atoms with Gasteiger partial charge in [-0.05, 0) is 39.8 Å². The largest absolute Gasteiger partial charge is 0.377 e. The lowest BCUT2D eigenvalue weighted by atomic mass is 10.1. The molecule has 0 saturated carbocycles. The monoisotopic (exact) mass is 267 g/mol. The van der Waals surface area contributed by atoms with Crippen LogP contribution in [0.5, 0.6) is 0 Å². The summed E-state index contributed by atoms with van der Waals surface area (Å²) in [6.45, 7) is 13.3. The van der Waals surface area contributed by atoms with Gasteiger partial charge in [-0.15, -0.1) is 0 Å². The molecule has 1 aromatic rings. The minimum absolute atomic E-state index is 0.218. The zero-order valence-electron chi connectivity index (χ0n) is 13.1. The van der Waals surface area contributed by atoms with E-state index in [4.69, 9.17) is 4.74 Å². The van der Waals surface area contributed by atoms with Crippen molar-refractivity contribution in [3.05, 3.63) is 17.5 Å². The number of hydrogen-bond acceptors (Lipinski definition) is 3. The molecule has 19 heavy (non-hydrogen) atoms. The van der Waals surface area contributed by atoms with Gasteiger partial charge in [-0.25, -0.2) is 0 Å². The smallest absolute Gasteiger partial charge is 0.0703 e. The molecular weight excluding hydrogens is 238 g/mol. The van der Waals surface area contributed by atoms with E-state index >= 15 is 0 Å². The number of aryl methyl sites for hydroxylation is 2. The normalized spacial score (nSPS) is 14.6. The number of rotatable bonds is 9. The van der Waals surface area contributed by atoms with Crippen molar-refractivity contribution in [3.63, 3.8) is 0 Å². The Kier molecular flexibility index (Phi) is 7.10. The van der Waals surface area contributed by atoms with Crippen LogP contribution in [0.3, 0.4) is 0 Å². The summed E-state index contributed by atoms with van der Waals surface area (Å²) in [5, 5.41) is 8.14. The molecule has 4 heteroatoms. The fourth-order valence-corrected chi connectivity index (χ4v) is 2.40. The molecule has 0 fully saturated rings. The van der Waals surface area contributed by atoms with Crippen LogP contribution in [0, 0.1) is 0 Å². The molecule has 4 nitrogen and oxygen atoms in total. The predicted octanol–water partition coefficient (Wildman–Crippen LogP) is 2.41. The number of likely N-dealkylation sites (N-methyl/N-ethyl adjacent to an activating group) is 1. The second-order valence-corrected chi connectivity index (χ2v) is 4.83. The van der Waals surface area contributed by atoms with Crippen LogP contribution in [-0.4, -0.2) is 35.1 Å². The Morgan fingerprint density at radius 2 is 2.05 bits per heavy atom. The molecule has 0 radical (unpaired) electrons. The summed E-state index contributed by atoms with van der Waals surface area (Å²) in [6.07, 6.45) is 2.18. The minimum atomic E-state index is 0.218. The van der Waals surface area contributed by atoms with Gasteiger partial charge in [0.05, 0.1) is 11.8 Å². The predicted molar refractivity (Wildman–Crippen MR) is 79.5 cm³/mol. The molecule has 110 valence electrons. The van der Waals surface area contributed by atoms with Crippen molar-refractivity contribution in [3.8, 4) is 0 Å². The number of nitrogens with one attached hydrogen (secondary N) is 1. The van der Waals surface area contributed by atoms with Gasteiger partial charge in [-0.1, -0.05) is 13.8 Å². The van der Waals surface area contributed by atoms with E-state index in [1.807, 2.05) is 6.92 Å². The first-order valence-corrected chi connectivity index (χ1v) is 7.56. The molecule has 0 aliphatic heterocycles. The highest BCUT2D eigenvalue weighted by atomic mass is 16.5. The quantitative estimate of drug-likeness (QED) is 0.747. The summed E-state index contributed by atoms with van der Waals surface area (Å²) in [6, 6.07) is 2.57. The van der Waals surface area contributed by atoms with Crippen molar-refractivity contribution in [2.75, 3.05) is 13.2 Å².